The zero-order chi connectivity index (χ0) is 14.8. The monoisotopic (exact) mass is 301 g/mol. The summed E-state index contributed by atoms with van der Waals surface area (Å²) in [5.41, 5.74) is 4.71. The number of carbonyl (C=O) groups excluding carboxylic acids is 1. The van der Waals surface area contributed by atoms with Gasteiger partial charge >= 0.3 is 6.18 Å². The molecule has 4 nitrogen and oxygen atoms in total. The van der Waals surface area contributed by atoms with E-state index in [1.165, 1.54) is 23.6 Å². The van der Waals surface area contributed by atoms with Crippen molar-refractivity contribution >= 4 is 22.4 Å². The molecule has 0 saturated heterocycles. The molecule has 1 aromatic heterocycles. The van der Waals surface area contributed by atoms with Gasteiger partial charge in [0, 0.05) is 11.9 Å². The van der Waals surface area contributed by atoms with Gasteiger partial charge in [0.2, 0.25) is 0 Å². The van der Waals surface area contributed by atoms with Crippen molar-refractivity contribution in [1.29, 1.82) is 0 Å². The molecule has 3 N–H and O–H groups in total. The maximum Gasteiger partial charge on any atom is 0.416 e. The molecule has 1 amide bonds. The number of aromatic nitrogens is 1. The van der Waals surface area contributed by atoms with Crippen LogP contribution in [0.4, 0.5) is 18.3 Å². The number of benzene rings is 1. The summed E-state index contributed by atoms with van der Waals surface area (Å²) in [5, 5.41) is 4.06. The number of nitrogens with zero attached hydrogens (tertiary/aromatic N) is 1. The quantitative estimate of drug-likeness (QED) is 0.916. The first kappa shape index (κ1) is 14.3. The lowest BCUT2D eigenvalue weighted by Crippen LogP contribution is -2.24. The third-order valence-electron chi connectivity index (χ3n) is 2.52. The van der Waals surface area contributed by atoms with E-state index >= 15 is 0 Å². The molecule has 0 aliphatic carbocycles. The van der Waals surface area contributed by atoms with Crippen LogP contribution in [0.5, 0.6) is 0 Å². The average Bonchev–Trinajstić information content (AvgIpc) is 2.82. The molecule has 0 fully saturated rings. The summed E-state index contributed by atoms with van der Waals surface area (Å²) >= 11 is 1.09. The Kier molecular flexibility index (Phi) is 3.93. The van der Waals surface area contributed by atoms with Gasteiger partial charge in [0.1, 0.15) is 5.69 Å². The average molecular weight is 301 g/mol. The van der Waals surface area contributed by atoms with Crippen LogP contribution in [0.15, 0.2) is 29.6 Å². The Bertz CT molecular complexity index is 624. The number of amides is 1. The van der Waals surface area contributed by atoms with E-state index in [0.717, 1.165) is 17.4 Å². The molecular formula is C12H10F3N3OS. The third kappa shape index (κ3) is 3.27. The summed E-state index contributed by atoms with van der Waals surface area (Å²) in [7, 11) is 0. The Morgan fingerprint density at radius 3 is 2.65 bits per heavy atom. The molecule has 0 saturated carbocycles. The van der Waals surface area contributed by atoms with Crippen LogP contribution in [0.25, 0.3) is 0 Å². The molecule has 1 aromatic carbocycles. The van der Waals surface area contributed by atoms with Gasteiger partial charge in [0.15, 0.2) is 5.13 Å². The number of nitrogen functional groups attached to an aromatic ring is 1. The zero-order valence-corrected chi connectivity index (χ0v) is 10.9. The van der Waals surface area contributed by atoms with E-state index in [0.29, 0.717) is 0 Å². The lowest BCUT2D eigenvalue weighted by Gasteiger charge is -2.12. The minimum Gasteiger partial charge on any atom is -0.375 e. The van der Waals surface area contributed by atoms with Crippen molar-refractivity contribution in [3.8, 4) is 0 Å². The molecule has 0 unspecified atom stereocenters. The topological polar surface area (TPSA) is 68.0 Å². The highest BCUT2D eigenvalue weighted by Gasteiger charge is 2.32. The highest BCUT2D eigenvalue weighted by Crippen LogP contribution is 2.31. The fraction of sp³-hybridized carbons (Fsp3) is 0.167. The highest BCUT2D eigenvalue weighted by molar-refractivity contribution is 7.13. The van der Waals surface area contributed by atoms with Gasteiger partial charge in [0.25, 0.3) is 5.91 Å². The van der Waals surface area contributed by atoms with E-state index in [2.05, 4.69) is 10.3 Å². The summed E-state index contributed by atoms with van der Waals surface area (Å²) in [5.74, 6) is -0.560. The van der Waals surface area contributed by atoms with Gasteiger partial charge in [0.05, 0.1) is 5.56 Å². The number of alkyl halides is 3. The lowest BCUT2D eigenvalue weighted by atomic mass is 10.1. The standard InChI is InChI=1S/C12H10F3N3OS/c13-12(14,15)8-4-2-1-3-7(8)5-17-10(19)9-6-20-11(16)18-9/h1-4,6H,5H2,(H2,16,18)(H,17,19). The first-order valence-electron chi connectivity index (χ1n) is 5.52. The predicted octanol–water partition coefficient (Wildman–Crippen LogP) is 2.67. The minimum absolute atomic E-state index is 0.00319. The normalized spacial score (nSPS) is 11.3. The van der Waals surface area contributed by atoms with E-state index in [1.807, 2.05) is 0 Å². The summed E-state index contributed by atoms with van der Waals surface area (Å²) < 4.78 is 38.3. The number of rotatable bonds is 3. The minimum atomic E-state index is -4.45. The summed E-state index contributed by atoms with van der Waals surface area (Å²) in [6.45, 7) is -0.230. The molecule has 0 bridgehead atoms. The number of halogens is 3. The number of thiazole rings is 1. The van der Waals surface area contributed by atoms with Gasteiger partial charge in [-0.25, -0.2) is 4.98 Å². The van der Waals surface area contributed by atoms with Gasteiger partial charge in [-0.2, -0.15) is 13.2 Å². The van der Waals surface area contributed by atoms with Crippen LogP contribution in [0.2, 0.25) is 0 Å². The van der Waals surface area contributed by atoms with Crippen molar-refractivity contribution in [2.75, 3.05) is 5.73 Å². The van der Waals surface area contributed by atoms with Crippen LogP contribution in [0.1, 0.15) is 21.6 Å². The van der Waals surface area contributed by atoms with Crippen LogP contribution in [-0.4, -0.2) is 10.9 Å². The number of nitrogens with two attached hydrogens (primary N) is 1. The lowest BCUT2D eigenvalue weighted by molar-refractivity contribution is -0.138. The van der Waals surface area contributed by atoms with Crippen LogP contribution >= 0.6 is 11.3 Å². The van der Waals surface area contributed by atoms with Crippen molar-refractivity contribution in [1.82, 2.24) is 10.3 Å². The number of hydrogen-bond donors (Lipinski definition) is 2. The van der Waals surface area contributed by atoms with E-state index in [4.69, 9.17) is 5.73 Å². The Hall–Kier alpha value is -2.09. The Morgan fingerprint density at radius 2 is 2.05 bits per heavy atom. The van der Waals surface area contributed by atoms with Gasteiger partial charge in [-0.3, -0.25) is 4.79 Å². The van der Waals surface area contributed by atoms with E-state index in [9.17, 15) is 18.0 Å². The smallest absolute Gasteiger partial charge is 0.375 e. The predicted molar refractivity (Wildman–Crippen MR) is 69.1 cm³/mol. The SMILES string of the molecule is Nc1nc(C(=O)NCc2ccccc2C(F)(F)F)cs1. The van der Waals surface area contributed by atoms with Crippen molar-refractivity contribution in [3.05, 3.63) is 46.5 Å². The number of carbonyl (C=O) groups is 1. The fourth-order valence-electron chi connectivity index (χ4n) is 1.61. The Morgan fingerprint density at radius 1 is 1.35 bits per heavy atom. The second kappa shape index (κ2) is 5.49. The molecule has 2 aromatic rings. The molecule has 1 heterocycles. The van der Waals surface area contributed by atoms with E-state index < -0.39 is 17.6 Å². The first-order chi connectivity index (χ1) is 9.38. The second-order valence-corrected chi connectivity index (χ2v) is 4.80. The largest absolute Gasteiger partial charge is 0.416 e. The van der Waals surface area contributed by atoms with Crippen molar-refractivity contribution in [2.24, 2.45) is 0 Å². The molecule has 0 aliphatic rings. The molecular weight excluding hydrogens is 291 g/mol. The summed E-state index contributed by atoms with van der Waals surface area (Å²) in [6, 6.07) is 5.08. The number of nitrogens with one attached hydrogen (secondary N) is 1. The molecule has 106 valence electrons. The van der Waals surface area contributed by atoms with Gasteiger partial charge < -0.3 is 11.1 Å². The fourth-order valence-corrected chi connectivity index (χ4v) is 2.15. The maximum atomic E-state index is 12.8. The van der Waals surface area contributed by atoms with Crippen molar-refractivity contribution in [2.45, 2.75) is 12.7 Å². The summed E-state index contributed by atoms with van der Waals surface area (Å²) in [6.07, 6.45) is -4.45. The van der Waals surface area contributed by atoms with E-state index in [-0.39, 0.29) is 22.9 Å². The zero-order valence-electron chi connectivity index (χ0n) is 10.1. The number of anilines is 1. The molecule has 20 heavy (non-hydrogen) atoms. The summed E-state index contributed by atoms with van der Waals surface area (Å²) in [4.78, 5) is 15.4. The maximum absolute atomic E-state index is 12.8. The highest BCUT2D eigenvalue weighted by atomic mass is 32.1. The van der Waals surface area contributed by atoms with Crippen LogP contribution < -0.4 is 11.1 Å². The Labute approximate surface area is 116 Å². The molecule has 0 aliphatic heterocycles. The first-order valence-corrected chi connectivity index (χ1v) is 6.40. The van der Waals surface area contributed by atoms with E-state index in [1.54, 1.807) is 0 Å². The Balaban J connectivity index is 2.10. The van der Waals surface area contributed by atoms with Crippen molar-refractivity contribution < 1.29 is 18.0 Å². The van der Waals surface area contributed by atoms with Gasteiger partial charge in [-0.15, -0.1) is 11.3 Å². The van der Waals surface area contributed by atoms with Crippen LogP contribution in [0, 0.1) is 0 Å². The number of hydrogen-bond acceptors (Lipinski definition) is 4. The second-order valence-electron chi connectivity index (χ2n) is 3.91. The van der Waals surface area contributed by atoms with Crippen LogP contribution in [0.3, 0.4) is 0 Å². The molecule has 2 rings (SSSR count). The van der Waals surface area contributed by atoms with Gasteiger partial charge in [-0.1, -0.05) is 18.2 Å². The van der Waals surface area contributed by atoms with Crippen molar-refractivity contribution in [3.63, 3.8) is 0 Å². The molecule has 0 radical (unpaired) electrons. The van der Waals surface area contributed by atoms with Crippen LogP contribution in [-0.2, 0) is 12.7 Å². The molecule has 0 atom stereocenters. The van der Waals surface area contributed by atoms with Gasteiger partial charge in [-0.05, 0) is 11.6 Å². The molecule has 0 spiro atoms. The molecule has 8 heteroatoms. The third-order valence-corrected chi connectivity index (χ3v) is 3.19.